The highest BCUT2D eigenvalue weighted by Crippen LogP contribution is 2.37. The van der Waals surface area contributed by atoms with Crippen molar-refractivity contribution in [3.8, 4) is 23.0 Å². The van der Waals surface area contributed by atoms with E-state index in [1.54, 1.807) is 6.07 Å². The summed E-state index contributed by atoms with van der Waals surface area (Å²) in [6.45, 7) is 0. The molecule has 1 aliphatic rings. The van der Waals surface area contributed by atoms with Gasteiger partial charge in [0, 0.05) is 10.5 Å². The van der Waals surface area contributed by atoms with Gasteiger partial charge in [0.05, 0.1) is 12.7 Å². The van der Waals surface area contributed by atoms with E-state index in [4.69, 9.17) is 9.47 Å². The van der Waals surface area contributed by atoms with Gasteiger partial charge in [-0.1, -0.05) is 15.9 Å². The van der Waals surface area contributed by atoms with Crippen molar-refractivity contribution in [3.05, 3.63) is 51.7 Å². The Morgan fingerprint density at radius 1 is 1.23 bits per heavy atom. The van der Waals surface area contributed by atoms with Gasteiger partial charge in [-0.3, -0.25) is 4.79 Å². The van der Waals surface area contributed by atoms with Crippen molar-refractivity contribution < 1.29 is 24.5 Å². The Labute approximate surface area is 134 Å². The van der Waals surface area contributed by atoms with Gasteiger partial charge in [-0.05, 0) is 35.9 Å². The minimum absolute atomic E-state index is 0.0241. The van der Waals surface area contributed by atoms with Gasteiger partial charge in [-0.25, -0.2) is 0 Å². The number of benzene rings is 2. The van der Waals surface area contributed by atoms with Crippen LogP contribution in [0.4, 0.5) is 0 Å². The quantitative estimate of drug-likeness (QED) is 0.799. The fourth-order valence-corrected chi connectivity index (χ4v) is 2.59. The zero-order chi connectivity index (χ0) is 15.9. The third-order valence-electron chi connectivity index (χ3n) is 3.24. The Morgan fingerprint density at radius 2 is 2.00 bits per heavy atom. The zero-order valence-electron chi connectivity index (χ0n) is 11.5. The molecule has 0 radical (unpaired) electrons. The lowest BCUT2D eigenvalue weighted by Gasteiger charge is -2.07. The van der Waals surface area contributed by atoms with E-state index in [2.05, 4.69) is 15.9 Å². The number of hydrogen-bond acceptors (Lipinski definition) is 5. The molecule has 2 aromatic rings. The Balaban J connectivity index is 2.01. The van der Waals surface area contributed by atoms with E-state index in [0.717, 1.165) is 0 Å². The molecule has 2 aromatic carbocycles. The average Bonchev–Trinajstić information content (AvgIpc) is 2.78. The van der Waals surface area contributed by atoms with Crippen molar-refractivity contribution in [2.24, 2.45) is 0 Å². The predicted molar refractivity (Wildman–Crippen MR) is 83.4 cm³/mol. The summed E-state index contributed by atoms with van der Waals surface area (Å²) in [5.41, 5.74) is 0.955. The molecule has 0 atom stereocenters. The number of fused-ring (bicyclic) bond motifs is 1. The van der Waals surface area contributed by atoms with Crippen LogP contribution in [0.1, 0.15) is 15.9 Å². The highest BCUT2D eigenvalue weighted by molar-refractivity contribution is 9.10. The lowest BCUT2D eigenvalue weighted by molar-refractivity contribution is 0.101. The number of methoxy groups -OCH3 is 1. The number of aromatic hydroxyl groups is 2. The molecular formula is C16H11BrO5. The smallest absolute Gasteiger partial charge is 0.231 e. The van der Waals surface area contributed by atoms with Crippen molar-refractivity contribution in [2.75, 3.05) is 7.11 Å². The number of carbonyl (C=O) groups is 1. The summed E-state index contributed by atoms with van der Waals surface area (Å²) in [6, 6.07) is 7.38. The summed E-state index contributed by atoms with van der Waals surface area (Å²) in [6.07, 6.45) is 1.52. The van der Waals surface area contributed by atoms with E-state index in [1.165, 1.54) is 37.5 Å². The van der Waals surface area contributed by atoms with Gasteiger partial charge < -0.3 is 19.7 Å². The average molecular weight is 363 g/mol. The third kappa shape index (κ3) is 2.42. The van der Waals surface area contributed by atoms with Crippen LogP contribution in [0.15, 0.2) is 40.6 Å². The monoisotopic (exact) mass is 362 g/mol. The Kier molecular flexibility index (Phi) is 3.54. The second-order valence-corrected chi connectivity index (χ2v) is 5.52. The van der Waals surface area contributed by atoms with Gasteiger partial charge in [0.15, 0.2) is 17.3 Å². The maximum atomic E-state index is 12.3. The second kappa shape index (κ2) is 5.38. The topological polar surface area (TPSA) is 76.0 Å². The molecule has 112 valence electrons. The van der Waals surface area contributed by atoms with E-state index in [0.29, 0.717) is 27.1 Å². The van der Waals surface area contributed by atoms with Crippen molar-refractivity contribution in [2.45, 2.75) is 0 Å². The number of halogens is 1. The number of phenolic OH excluding ortho intramolecular Hbond substituents is 2. The van der Waals surface area contributed by atoms with Gasteiger partial charge in [-0.2, -0.15) is 0 Å². The van der Waals surface area contributed by atoms with Crippen LogP contribution in [0.2, 0.25) is 0 Å². The van der Waals surface area contributed by atoms with Crippen molar-refractivity contribution >= 4 is 27.8 Å². The molecule has 0 aromatic heterocycles. The van der Waals surface area contributed by atoms with Crippen LogP contribution >= 0.6 is 15.9 Å². The van der Waals surface area contributed by atoms with Crippen LogP contribution in [0, 0.1) is 0 Å². The van der Waals surface area contributed by atoms with E-state index < -0.39 is 0 Å². The number of ether oxygens (including phenoxy) is 2. The Bertz CT molecular complexity index is 810. The van der Waals surface area contributed by atoms with E-state index in [1.807, 2.05) is 0 Å². The molecule has 0 fully saturated rings. The molecule has 6 heteroatoms. The third-order valence-corrected chi connectivity index (χ3v) is 3.93. The predicted octanol–water partition coefficient (Wildman–Crippen LogP) is 3.49. The molecule has 2 N–H and O–H groups in total. The Hall–Kier alpha value is -2.47. The van der Waals surface area contributed by atoms with Crippen molar-refractivity contribution in [1.82, 2.24) is 0 Å². The van der Waals surface area contributed by atoms with Crippen LogP contribution in [-0.2, 0) is 0 Å². The number of hydrogen-bond donors (Lipinski definition) is 2. The molecule has 0 unspecified atom stereocenters. The minimum atomic E-state index is -0.280. The maximum absolute atomic E-state index is 12.3. The molecule has 0 aliphatic carbocycles. The van der Waals surface area contributed by atoms with Gasteiger partial charge in [0.25, 0.3) is 0 Å². The standard InChI is InChI=1S/C16H11BrO5/c1-21-14-7-11(17)8(4-12(14)19)5-15-16(20)10-3-2-9(18)6-13(10)22-15/h2-7,18-19H,1H3/b15-5-. The number of allylic oxidation sites excluding steroid dienone is 1. The largest absolute Gasteiger partial charge is 0.508 e. The fourth-order valence-electron chi connectivity index (χ4n) is 2.15. The highest BCUT2D eigenvalue weighted by atomic mass is 79.9. The van der Waals surface area contributed by atoms with Gasteiger partial charge in [0.1, 0.15) is 11.5 Å². The van der Waals surface area contributed by atoms with E-state index in [-0.39, 0.29) is 23.0 Å². The van der Waals surface area contributed by atoms with Crippen LogP contribution < -0.4 is 9.47 Å². The summed E-state index contributed by atoms with van der Waals surface area (Å²) in [5.74, 6) is 0.448. The van der Waals surface area contributed by atoms with Crippen LogP contribution in [-0.4, -0.2) is 23.1 Å². The number of carbonyl (C=O) groups excluding carboxylic acids is 1. The first-order valence-corrected chi connectivity index (χ1v) is 7.12. The number of rotatable bonds is 2. The minimum Gasteiger partial charge on any atom is -0.508 e. The SMILES string of the molecule is COc1cc(Br)c(/C=C2\Oc3cc(O)ccc3C2=O)cc1O. The molecule has 0 saturated heterocycles. The lowest BCUT2D eigenvalue weighted by atomic mass is 10.1. The van der Waals surface area contributed by atoms with Crippen molar-refractivity contribution in [1.29, 1.82) is 0 Å². The van der Waals surface area contributed by atoms with E-state index >= 15 is 0 Å². The molecule has 1 heterocycles. The van der Waals surface area contributed by atoms with Crippen LogP contribution in [0.3, 0.4) is 0 Å². The molecule has 0 spiro atoms. The van der Waals surface area contributed by atoms with Crippen molar-refractivity contribution in [3.63, 3.8) is 0 Å². The molecule has 22 heavy (non-hydrogen) atoms. The highest BCUT2D eigenvalue weighted by Gasteiger charge is 2.27. The molecule has 3 rings (SSSR count). The van der Waals surface area contributed by atoms with Crippen LogP contribution in [0.5, 0.6) is 23.0 Å². The summed E-state index contributed by atoms with van der Waals surface area (Å²) in [5, 5.41) is 19.3. The van der Waals surface area contributed by atoms with E-state index in [9.17, 15) is 15.0 Å². The van der Waals surface area contributed by atoms with Gasteiger partial charge in [-0.15, -0.1) is 0 Å². The first-order chi connectivity index (χ1) is 10.5. The molecular weight excluding hydrogens is 352 g/mol. The number of ketones is 1. The van der Waals surface area contributed by atoms with Gasteiger partial charge >= 0.3 is 0 Å². The van der Waals surface area contributed by atoms with Gasteiger partial charge in [0.2, 0.25) is 5.78 Å². The summed E-state index contributed by atoms with van der Waals surface area (Å²) < 4.78 is 11.1. The summed E-state index contributed by atoms with van der Waals surface area (Å²) >= 11 is 3.35. The van der Waals surface area contributed by atoms with Crippen LogP contribution in [0.25, 0.3) is 6.08 Å². The number of phenols is 2. The first kappa shape index (κ1) is 14.5. The molecule has 0 saturated carbocycles. The Morgan fingerprint density at radius 3 is 2.73 bits per heavy atom. The molecule has 0 bridgehead atoms. The molecule has 5 nitrogen and oxygen atoms in total. The normalized spacial score (nSPS) is 14.8. The molecule has 0 amide bonds. The number of Topliss-reactive ketones (excluding diaryl/α,β-unsaturated/α-hetero) is 1. The second-order valence-electron chi connectivity index (χ2n) is 4.67. The first-order valence-electron chi connectivity index (χ1n) is 6.33. The summed E-state index contributed by atoms with van der Waals surface area (Å²) in [7, 11) is 1.45. The lowest BCUT2D eigenvalue weighted by Crippen LogP contribution is -1.98. The zero-order valence-corrected chi connectivity index (χ0v) is 13.0. The summed E-state index contributed by atoms with van der Waals surface area (Å²) in [4.78, 5) is 12.3. The fraction of sp³-hybridized carbons (Fsp3) is 0.0625. The maximum Gasteiger partial charge on any atom is 0.231 e. The molecule has 1 aliphatic heterocycles.